The number of carbonyl (C=O) groups is 1. The maximum Gasteiger partial charge on any atom is 0.138 e. The fraction of sp³-hybridized carbons (Fsp3) is 0.286. The van der Waals surface area contributed by atoms with Gasteiger partial charge in [-0.15, -0.1) is 11.3 Å². The van der Waals surface area contributed by atoms with Gasteiger partial charge in [0.2, 0.25) is 0 Å². The molecule has 0 amide bonds. The first-order valence-corrected chi connectivity index (χ1v) is 9.85. The molecule has 0 saturated carbocycles. The van der Waals surface area contributed by atoms with Gasteiger partial charge in [0.25, 0.3) is 0 Å². The predicted octanol–water partition coefficient (Wildman–Crippen LogP) is 4.93. The van der Waals surface area contributed by atoms with Crippen LogP contribution in [0.2, 0.25) is 5.02 Å². The maximum absolute atomic E-state index is 11.9. The zero-order valence-corrected chi connectivity index (χ0v) is 15.7. The highest BCUT2D eigenvalue weighted by molar-refractivity contribution is 7.19. The minimum Gasteiger partial charge on any atom is -0.394 e. The summed E-state index contributed by atoms with van der Waals surface area (Å²) in [5.74, 6) is 0.126. The van der Waals surface area contributed by atoms with E-state index in [2.05, 4.69) is 18.2 Å². The van der Waals surface area contributed by atoms with E-state index in [0.29, 0.717) is 11.4 Å². The normalized spacial score (nSPS) is 20.6. The predicted molar refractivity (Wildman–Crippen MR) is 105 cm³/mol. The molecule has 0 bridgehead atoms. The van der Waals surface area contributed by atoms with Crippen molar-refractivity contribution in [1.82, 2.24) is 0 Å². The van der Waals surface area contributed by atoms with Gasteiger partial charge >= 0.3 is 0 Å². The number of rotatable bonds is 4. The summed E-state index contributed by atoms with van der Waals surface area (Å²) in [7, 11) is 0. The van der Waals surface area contributed by atoms with Crippen LogP contribution in [0, 0.1) is 0 Å². The molecule has 3 nitrogen and oxygen atoms in total. The number of fused-ring (bicyclic) bond motifs is 1. The molecule has 1 aromatic heterocycles. The van der Waals surface area contributed by atoms with Gasteiger partial charge in [-0.2, -0.15) is 0 Å². The van der Waals surface area contributed by atoms with Crippen molar-refractivity contribution in [2.75, 3.05) is 6.61 Å². The Bertz CT molecular complexity index is 916. The minimum absolute atomic E-state index is 0.126. The molecule has 2 heterocycles. The number of hydrogen-bond acceptors (Lipinski definition) is 4. The van der Waals surface area contributed by atoms with E-state index >= 15 is 0 Å². The molecule has 0 aliphatic carbocycles. The average Bonchev–Trinajstić information content (AvgIpc) is 3.05. The topological polar surface area (TPSA) is 46.5 Å². The number of ether oxygens (including phenoxy) is 1. The highest BCUT2D eigenvalue weighted by Crippen LogP contribution is 2.34. The lowest BCUT2D eigenvalue weighted by Gasteiger charge is -2.28. The van der Waals surface area contributed by atoms with E-state index in [0.717, 1.165) is 17.5 Å². The van der Waals surface area contributed by atoms with Crippen LogP contribution in [-0.4, -0.2) is 23.6 Å². The van der Waals surface area contributed by atoms with Crippen LogP contribution in [-0.2, 0) is 16.0 Å². The molecule has 134 valence electrons. The van der Waals surface area contributed by atoms with Gasteiger partial charge in [0, 0.05) is 33.9 Å². The highest BCUT2D eigenvalue weighted by Gasteiger charge is 2.28. The lowest BCUT2D eigenvalue weighted by Crippen LogP contribution is -2.30. The number of hydrogen-bond donors (Lipinski definition) is 1. The molecule has 1 aliphatic heterocycles. The monoisotopic (exact) mass is 386 g/mol. The third kappa shape index (κ3) is 3.69. The van der Waals surface area contributed by atoms with Crippen molar-refractivity contribution in [1.29, 1.82) is 0 Å². The molecule has 2 unspecified atom stereocenters. The van der Waals surface area contributed by atoms with Gasteiger partial charge in [0.1, 0.15) is 5.78 Å². The van der Waals surface area contributed by atoms with Crippen molar-refractivity contribution in [2.45, 2.75) is 31.5 Å². The zero-order valence-electron chi connectivity index (χ0n) is 14.2. The number of aliphatic hydroxyl groups is 1. The summed E-state index contributed by atoms with van der Waals surface area (Å²) in [6.45, 7) is -0.134. The van der Waals surface area contributed by atoms with Gasteiger partial charge in [-0.25, -0.2) is 0 Å². The van der Waals surface area contributed by atoms with Crippen LogP contribution in [0.3, 0.4) is 0 Å². The molecule has 26 heavy (non-hydrogen) atoms. The summed E-state index contributed by atoms with van der Waals surface area (Å²) in [4.78, 5) is 13.2. The SMILES string of the molecule is O=C1CC(CO)OC(c2ccc(Cl)c(Cc3cc4ccccc4s3)c2)C1. The minimum atomic E-state index is -0.414. The molecule has 5 heteroatoms. The molecule has 0 radical (unpaired) electrons. The standard InChI is InChI=1S/C21H19ClO3S/c22-19-6-5-13(20-11-16(24)10-17(12-23)25-20)7-15(19)9-18-8-14-3-1-2-4-21(14)26-18/h1-8,17,20,23H,9-12H2. The number of Topliss-reactive ketones (excluding diaryl/α,β-unsaturated/α-hetero) is 1. The molecule has 4 rings (SSSR count). The number of thiophene rings is 1. The van der Waals surface area contributed by atoms with Gasteiger partial charge in [-0.1, -0.05) is 41.9 Å². The molecule has 2 aromatic carbocycles. The average molecular weight is 387 g/mol. The third-order valence-electron chi connectivity index (χ3n) is 4.71. The number of ketones is 1. The quantitative estimate of drug-likeness (QED) is 0.691. The summed E-state index contributed by atoms with van der Waals surface area (Å²) in [6, 6.07) is 16.3. The van der Waals surface area contributed by atoms with Crippen LogP contribution < -0.4 is 0 Å². The van der Waals surface area contributed by atoms with Crippen molar-refractivity contribution >= 4 is 38.8 Å². The number of carbonyl (C=O) groups excluding carboxylic acids is 1. The van der Waals surface area contributed by atoms with E-state index in [1.54, 1.807) is 11.3 Å². The Morgan fingerprint density at radius 3 is 2.81 bits per heavy atom. The fourth-order valence-corrected chi connectivity index (χ4v) is 4.69. The second kappa shape index (κ2) is 7.49. The van der Waals surface area contributed by atoms with E-state index in [9.17, 15) is 9.90 Å². The number of aliphatic hydroxyl groups excluding tert-OH is 1. The fourth-order valence-electron chi connectivity index (χ4n) is 3.42. The molecule has 1 saturated heterocycles. The lowest BCUT2D eigenvalue weighted by molar-refractivity contribution is -0.139. The van der Waals surface area contributed by atoms with Crippen molar-refractivity contribution in [3.63, 3.8) is 0 Å². The molecular formula is C21H19ClO3S. The third-order valence-corrected chi connectivity index (χ3v) is 6.20. The Kier molecular flexibility index (Phi) is 5.09. The van der Waals surface area contributed by atoms with Gasteiger partial charge < -0.3 is 9.84 Å². The summed E-state index contributed by atoms with van der Waals surface area (Å²) < 4.78 is 7.14. The Morgan fingerprint density at radius 1 is 1.15 bits per heavy atom. The van der Waals surface area contributed by atoms with Crippen LogP contribution in [0.25, 0.3) is 10.1 Å². The van der Waals surface area contributed by atoms with E-state index < -0.39 is 6.10 Å². The molecule has 1 aliphatic rings. The van der Waals surface area contributed by atoms with E-state index in [1.807, 2.05) is 30.3 Å². The smallest absolute Gasteiger partial charge is 0.138 e. The first-order valence-electron chi connectivity index (χ1n) is 8.66. The molecule has 1 fully saturated rings. The zero-order chi connectivity index (χ0) is 18.1. The van der Waals surface area contributed by atoms with Crippen molar-refractivity contribution in [3.8, 4) is 0 Å². The van der Waals surface area contributed by atoms with Crippen molar-refractivity contribution in [2.24, 2.45) is 0 Å². The van der Waals surface area contributed by atoms with Crippen LogP contribution in [0.5, 0.6) is 0 Å². The van der Waals surface area contributed by atoms with E-state index in [1.165, 1.54) is 15.0 Å². The van der Waals surface area contributed by atoms with Gasteiger partial charge in [0.05, 0.1) is 18.8 Å². The van der Waals surface area contributed by atoms with Gasteiger partial charge in [-0.3, -0.25) is 4.79 Å². The summed E-state index contributed by atoms with van der Waals surface area (Å²) in [6.07, 6.45) is 0.654. The Hall–Kier alpha value is -1.72. The first kappa shape index (κ1) is 17.7. The molecule has 0 spiro atoms. The lowest BCUT2D eigenvalue weighted by atomic mass is 9.95. The second-order valence-corrected chi connectivity index (χ2v) is 8.23. The first-order chi connectivity index (χ1) is 12.6. The Labute approximate surface area is 161 Å². The number of benzene rings is 2. The van der Waals surface area contributed by atoms with Crippen LogP contribution in [0.15, 0.2) is 48.5 Å². The molecule has 1 N–H and O–H groups in total. The van der Waals surface area contributed by atoms with Gasteiger partial charge in [0.15, 0.2) is 0 Å². The Morgan fingerprint density at radius 2 is 2.00 bits per heavy atom. The molecule has 3 aromatic rings. The molecule has 2 atom stereocenters. The van der Waals surface area contributed by atoms with Crippen LogP contribution >= 0.6 is 22.9 Å². The van der Waals surface area contributed by atoms with Crippen LogP contribution in [0.1, 0.15) is 34.9 Å². The van der Waals surface area contributed by atoms with Crippen molar-refractivity contribution < 1.29 is 14.6 Å². The summed E-state index contributed by atoms with van der Waals surface area (Å²) in [5, 5.41) is 11.3. The maximum atomic E-state index is 11.9. The summed E-state index contributed by atoms with van der Waals surface area (Å²) in [5.41, 5.74) is 1.97. The van der Waals surface area contributed by atoms with E-state index in [-0.39, 0.29) is 24.9 Å². The van der Waals surface area contributed by atoms with E-state index in [4.69, 9.17) is 16.3 Å². The second-order valence-electron chi connectivity index (χ2n) is 6.65. The highest BCUT2D eigenvalue weighted by atomic mass is 35.5. The van der Waals surface area contributed by atoms with Crippen LogP contribution in [0.4, 0.5) is 0 Å². The van der Waals surface area contributed by atoms with Gasteiger partial charge in [-0.05, 0) is 34.7 Å². The largest absolute Gasteiger partial charge is 0.394 e. The number of halogens is 1. The molecular weight excluding hydrogens is 368 g/mol. The van der Waals surface area contributed by atoms with Crippen molar-refractivity contribution in [3.05, 3.63) is 69.6 Å². The summed E-state index contributed by atoms with van der Waals surface area (Å²) >= 11 is 8.19. The Balaban J connectivity index is 1.60.